The molecule has 1 amide bonds. The number of fused-ring (bicyclic) bond motifs is 2. The molecule has 33 heavy (non-hydrogen) atoms. The molecule has 5 rings (SSSR count). The lowest BCUT2D eigenvalue weighted by molar-refractivity contribution is -0.155. The second-order valence-corrected chi connectivity index (χ2v) is 9.19. The van der Waals surface area contributed by atoms with Crippen molar-refractivity contribution in [2.45, 2.75) is 39.0 Å². The van der Waals surface area contributed by atoms with Crippen LogP contribution >= 0.6 is 11.6 Å². The van der Waals surface area contributed by atoms with Crippen molar-refractivity contribution in [3.8, 4) is 0 Å². The molecule has 2 aliphatic rings. The first kappa shape index (κ1) is 21.8. The number of likely N-dealkylation sites (tertiary alicyclic amines) is 1. The Labute approximate surface area is 197 Å². The van der Waals surface area contributed by atoms with E-state index in [-0.39, 0.29) is 17.8 Å². The summed E-state index contributed by atoms with van der Waals surface area (Å²) in [6, 6.07) is 14.8. The number of rotatable bonds is 4. The molecule has 7 nitrogen and oxygen atoms in total. The maximum Gasteiger partial charge on any atom is 0.311 e. The summed E-state index contributed by atoms with van der Waals surface area (Å²) in [6.07, 6.45) is 0.625. The molecule has 0 saturated carbocycles. The molecule has 0 N–H and O–H groups in total. The highest BCUT2D eigenvalue weighted by molar-refractivity contribution is 6.29. The number of nitrogens with zero attached hydrogens (tertiary/aromatic N) is 4. The standard InChI is InChI=1S/C25H25ClN4O3/c1-15(2)29-13-11-17(12-14-29)25(32)33-24-19-6-4-3-5-18(19)23(31)30(24)21-10-8-16-7-9-20(26)27-22(16)28-21/h3-10,15,17,24H,11-14H2,1-2H3. The number of anilines is 1. The first-order valence-electron chi connectivity index (χ1n) is 11.2. The first-order chi connectivity index (χ1) is 15.9. The van der Waals surface area contributed by atoms with Crippen molar-refractivity contribution in [2.24, 2.45) is 5.92 Å². The van der Waals surface area contributed by atoms with Crippen LogP contribution in [-0.4, -0.2) is 45.9 Å². The van der Waals surface area contributed by atoms with Crippen LogP contribution < -0.4 is 4.90 Å². The zero-order valence-corrected chi connectivity index (χ0v) is 19.3. The summed E-state index contributed by atoms with van der Waals surface area (Å²) in [6.45, 7) is 6.05. The molecular formula is C25H25ClN4O3. The quantitative estimate of drug-likeness (QED) is 0.414. The van der Waals surface area contributed by atoms with E-state index in [1.807, 2.05) is 24.3 Å². The number of benzene rings is 1. The van der Waals surface area contributed by atoms with Crippen LogP contribution in [0.25, 0.3) is 11.0 Å². The molecule has 8 heteroatoms. The zero-order chi connectivity index (χ0) is 23.1. The lowest BCUT2D eigenvalue weighted by Crippen LogP contribution is -2.41. The van der Waals surface area contributed by atoms with Crippen LogP contribution in [0.4, 0.5) is 5.82 Å². The van der Waals surface area contributed by atoms with Gasteiger partial charge in [0.25, 0.3) is 5.91 Å². The zero-order valence-electron chi connectivity index (χ0n) is 18.6. The van der Waals surface area contributed by atoms with Gasteiger partial charge in [-0.1, -0.05) is 29.8 Å². The average Bonchev–Trinajstić information content (AvgIpc) is 3.10. The third kappa shape index (κ3) is 4.07. The summed E-state index contributed by atoms with van der Waals surface area (Å²) in [5.74, 6) is -0.354. The van der Waals surface area contributed by atoms with Crippen LogP contribution in [-0.2, 0) is 9.53 Å². The Morgan fingerprint density at radius 1 is 1.06 bits per heavy atom. The highest BCUT2D eigenvalue weighted by atomic mass is 35.5. The third-order valence-corrected chi connectivity index (χ3v) is 6.69. The molecule has 0 spiro atoms. The van der Waals surface area contributed by atoms with Gasteiger partial charge < -0.3 is 9.64 Å². The van der Waals surface area contributed by atoms with E-state index in [1.165, 1.54) is 4.90 Å². The van der Waals surface area contributed by atoms with Crippen LogP contribution in [0.15, 0.2) is 48.5 Å². The maximum absolute atomic E-state index is 13.3. The van der Waals surface area contributed by atoms with Gasteiger partial charge in [0.2, 0.25) is 6.23 Å². The van der Waals surface area contributed by atoms with Crippen molar-refractivity contribution in [3.63, 3.8) is 0 Å². The Balaban J connectivity index is 1.45. The molecule has 1 saturated heterocycles. The van der Waals surface area contributed by atoms with Gasteiger partial charge >= 0.3 is 5.97 Å². The third-order valence-electron chi connectivity index (χ3n) is 6.48. The molecule has 0 bridgehead atoms. The molecule has 0 radical (unpaired) electrons. The fourth-order valence-corrected chi connectivity index (χ4v) is 4.72. The molecule has 1 unspecified atom stereocenters. The Bertz CT molecular complexity index is 1220. The number of ether oxygens (including phenoxy) is 1. The number of piperidine rings is 1. The monoisotopic (exact) mass is 464 g/mol. The maximum atomic E-state index is 13.3. The fraction of sp³-hybridized carbons (Fsp3) is 0.360. The summed E-state index contributed by atoms with van der Waals surface area (Å²) in [5.41, 5.74) is 1.59. The number of esters is 1. The predicted molar refractivity (Wildman–Crippen MR) is 126 cm³/mol. The Morgan fingerprint density at radius 2 is 1.79 bits per heavy atom. The number of hydrogen-bond acceptors (Lipinski definition) is 6. The minimum absolute atomic E-state index is 0.185. The average molecular weight is 465 g/mol. The lowest BCUT2D eigenvalue weighted by Gasteiger charge is -2.34. The van der Waals surface area contributed by atoms with Crippen molar-refractivity contribution < 1.29 is 14.3 Å². The Hall–Kier alpha value is -3.03. The summed E-state index contributed by atoms with van der Waals surface area (Å²) in [4.78, 5) is 39.1. The summed E-state index contributed by atoms with van der Waals surface area (Å²) < 4.78 is 6.01. The number of pyridine rings is 2. The molecule has 170 valence electrons. The number of aromatic nitrogens is 2. The van der Waals surface area contributed by atoms with E-state index >= 15 is 0 Å². The second kappa shape index (κ2) is 8.72. The molecular weight excluding hydrogens is 440 g/mol. The molecule has 1 atom stereocenters. The molecule has 2 aliphatic heterocycles. The smallest absolute Gasteiger partial charge is 0.311 e. The van der Waals surface area contributed by atoms with Gasteiger partial charge in [-0.05, 0) is 70.1 Å². The van der Waals surface area contributed by atoms with E-state index in [0.717, 1.165) is 31.3 Å². The minimum atomic E-state index is -0.867. The van der Waals surface area contributed by atoms with Gasteiger partial charge in [-0.15, -0.1) is 0 Å². The normalized spacial score (nSPS) is 19.3. The second-order valence-electron chi connectivity index (χ2n) is 8.81. The lowest BCUT2D eigenvalue weighted by atomic mass is 9.96. The largest absolute Gasteiger partial charge is 0.436 e. The van der Waals surface area contributed by atoms with Crippen molar-refractivity contribution in [2.75, 3.05) is 18.0 Å². The van der Waals surface area contributed by atoms with Crippen molar-refractivity contribution in [1.29, 1.82) is 0 Å². The molecule has 2 aromatic heterocycles. The van der Waals surface area contributed by atoms with E-state index in [4.69, 9.17) is 16.3 Å². The van der Waals surface area contributed by atoms with E-state index in [2.05, 4.69) is 28.7 Å². The van der Waals surface area contributed by atoms with E-state index in [1.54, 1.807) is 24.3 Å². The van der Waals surface area contributed by atoms with Gasteiger partial charge in [0.1, 0.15) is 11.0 Å². The summed E-state index contributed by atoms with van der Waals surface area (Å²) >= 11 is 6.04. The van der Waals surface area contributed by atoms with Crippen molar-refractivity contribution in [3.05, 3.63) is 64.8 Å². The highest BCUT2D eigenvalue weighted by Gasteiger charge is 2.42. The fourth-order valence-electron chi connectivity index (χ4n) is 4.58. The number of carbonyl (C=O) groups is 2. The molecule has 0 aliphatic carbocycles. The van der Waals surface area contributed by atoms with Gasteiger partial charge in [-0.25, -0.2) is 9.97 Å². The Kier molecular flexibility index (Phi) is 5.76. The first-order valence-corrected chi connectivity index (χ1v) is 11.6. The van der Waals surface area contributed by atoms with E-state index in [0.29, 0.717) is 33.8 Å². The summed E-state index contributed by atoms with van der Waals surface area (Å²) in [5, 5.41) is 1.12. The topological polar surface area (TPSA) is 75.6 Å². The molecule has 3 aromatic rings. The van der Waals surface area contributed by atoms with Gasteiger partial charge in [0.05, 0.1) is 5.92 Å². The van der Waals surface area contributed by atoms with Gasteiger partial charge in [-0.2, -0.15) is 0 Å². The van der Waals surface area contributed by atoms with Crippen molar-refractivity contribution >= 4 is 40.3 Å². The SMILES string of the molecule is CC(C)N1CCC(C(=O)OC2c3ccccc3C(=O)N2c2ccc3ccc(Cl)nc3n2)CC1. The molecule has 1 aromatic carbocycles. The Morgan fingerprint density at radius 3 is 2.55 bits per heavy atom. The highest BCUT2D eigenvalue weighted by Crippen LogP contribution is 2.39. The number of carbonyl (C=O) groups excluding carboxylic acids is 2. The predicted octanol–water partition coefficient (Wildman–Crippen LogP) is 4.61. The number of amides is 1. The minimum Gasteiger partial charge on any atom is -0.436 e. The van der Waals surface area contributed by atoms with Crippen LogP contribution in [0.1, 0.15) is 48.8 Å². The van der Waals surface area contributed by atoms with Crippen molar-refractivity contribution in [1.82, 2.24) is 14.9 Å². The van der Waals surface area contributed by atoms with Gasteiger partial charge in [0.15, 0.2) is 5.65 Å². The van der Waals surface area contributed by atoms with Gasteiger partial charge in [-0.3, -0.25) is 14.5 Å². The van der Waals surface area contributed by atoms with Gasteiger partial charge in [0, 0.05) is 22.6 Å². The molecule has 1 fully saturated rings. The van der Waals surface area contributed by atoms with E-state index in [9.17, 15) is 9.59 Å². The van der Waals surface area contributed by atoms with Crippen LogP contribution in [0.3, 0.4) is 0 Å². The van der Waals surface area contributed by atoms with Crippen LogP contribution in [0, 0.1) is 5.92 Å². The van der Waals surface area contributed by atoms with Crippen LogP contribution in [0.2, 0.25) is 5.15 Å². The number of hydrogen-bond donors (Lipinski definition) is 0. The van der Waals surface area contributed by atoms with E-state index < -0.39 is 6.23 Å². The molecule has 4 heterocycles. The summed E-state index contributed by atoms with van der Waals surface area (Å²) in [7, 11) is 0. The van der Waals surface area contributed by atoms with Crippen LogP contribution in [0.5, 0.6) is 0 Å². The number of halogens is 1.